The van der Waals surface area contributed by atoms with Gasteiger partial charge in [-0.2, -0.15) is 0 Å². The van der Waals surface area contributed by atoms with Gasteiger partial charge in [-0.1, -0.05) is 45.4 Å². The molecule has 0 heterocycles. The fourth-order valence-electron chi connectivity index (χ4n) is 3.99. The molecule has 0 aliphatic rings. The Balaban J connectivity index is 3.71. The fraction of sp³-hybridized carbons (Fsp3) is 0.828. The molecule has 0 aromatic heterocycles. The summed E-state index contributed by atoms with van der Waals surface area (Å²) >= 11 is 0. The van der Waals surface area contributed by atoms with E-state index >= 15 is 0 Å². The van der Waals surface area contributed by atoms with Crippen LogP contribution in [0.15, 0.2) is 0 Å². The van der Waals surface area contributed by atoms with E-state index in [2.05, 4.69) is 38.2 Å². The summed E-state index contributed by atoms with van der Waals surface area (Å²) in [6.45, 7) is 6.08. The number of ether oxygens (including phenoxy) is 1. The molecule has 4 amide bonds. The second kappa shape index (κ2) is 26.2. The Hall–Kier alpha value is -2.73. The van der Waals surface area contributed by atoms with Gasteiger partial charge in [-0.25, -0.2) is 0 Å². The van der Waals surface area contributed by atoms with Crippen LogP contribution in [0.1, 0.15) is 104 Å². The van der Waals surface area contributed by atoms with Crippen molar-refractivity contribution in [3.05, 3.63) is 0 Å². The summed E-state index contributed by atoms with van der Waals surface area (Å²) in [5.41, 5.74) is 5.91. The second-order valence-electron chi connectivity index (χ2n) is 10.5. The lowest BCUT2D eigenvalue weighted by Gasteiger charge is -2.15. The lowest BCUT2D eigenvalue weighted by atomic mass is 10.1. The molecule has 0 aliphatic carbocycles. The van der Waals surface area contributed by atoms with E-state index in [4.69, 9.17) is 5.73 Å². The van der Waals surface area contributed by atoms with Crippen LogP contribution in [0.2, 0.25) is 0 Å². The van der Waals surface area contributed by atoms with Crippen molar-refractivity contribution in [2.24, 2.45) is 5.73 Å². The first-order valence-corrected chi connectivity index (χ1v) is 15.3. The number of unbranched alkanes of at least 4 members (excludes halogenated alkanes) is 6. The van der Waals surface area contributed by atoms with Crippen molar-refractivity contribution in [3.63, 3.8) is 0 Å². The van der Waals surface area contributed by atoms with E-state index < -0.39 is 11.9 Å². The van der Waals surface area contributed by atoms with Gasteiger partial charge in [-0.05, 0) is 52.1 Å². The van der Waals surface area contributed by atoms with Gasteiger partial charge in [-0.3, -0.25) is 24.0 Å². The van der Waals surface area contributed by atoms with Crippen molar-refractivity contribution < 1.29 is 28.7 Å². The summed E-state index contributed by atoms with van der Waals surface area (Å²) in [4.78, 5) is 59.0. The molecule has 2 atom stereocenters. The Morgan fingerprint density at radius 3 is 2.05 bits per heavy atom. The highest BCUT2D eigenvalue weighted by atomic mass is 16.5. The minimum absolute atomic E-state index is 0.103. The minimum Gasteiger partial charge on any atom is -0.469 e. The summed E-state index contributed by atoms with van der Waals surface area (Å²) in [7, 11) is 1.31. The number of hydrogen-bond acceptors (Lipinski definition) is 8. The number of methoxy groups -OCH3 is 1. The number of nitrogens with two attached hydrogens (primary N) is 1. The molecule has 0 bridgehead atoms. The summed E-state index contributed by atoms with van der Waals surface area (Å²) in [6, 6.07) is -0.881. The molecule has 0 rings (SSSR count). The molecule has 0 aromatic rings. The first-order chi connectivity index (χ1) is 19.7. The van der Waals surface area contributed by atoms with Gasteiger partial charge in [0.15, 0.2) is 0 Å². The highest BCUT2D eigenvalue weighted by Gasteiger charge is 2.14. The number of hydrogen-bond donors (Lipinski definition) is 6. The third-order valence-electron chi connectivity index (χ3n) is 6.57. The van der Waals surface area contributed by atoms with Crippen LogP contribution in [0.3, 0.4) is 0 Å². The van der Waals surface area contributed by atoms with E-state index in [1.54, 1.807) is 0 Å². The fourth-order valence-corrected chi connectivity index (χ4v) is 3.99. The van der Waals surface area contributed by atoms with E-state index in [9.17, 15) is 24.0 Å². The monoisotopic (exact) mass is 584 g/mol. The van der Waals surface area contributed by atoms with E-state index in [1.165, 1.54) is 39.2 Å². The Kier molecular flexibility index (Phi) is 24.4. The Labute approximate surface area is 246 Å². The topological polar surface area (TPSA) is 181 Å². The maximum atomic E-state index is 12.1. The van der Waals surface area contributed by atoms with Crippen molar-refractivity contribution in [2.75, 3.05) is 39.8 Å². The second-order valence-corrected chi connectivity index (χ2v) is 10.5. The predicted octanol–water partition coefficient (Wildman–Crippen LogP) is 1.41. The molecule has 41 heavy (non-hydrogen) atoms. The first kappa shape index (κ1) is 38.3. The largest absolute Gasteiger partial charge is 0.469 e. The number of esters is 1. The van der Waals surface area contributed by atoms with Crippen LogP contribution in [-0.4, -0.2) is 81.5 Å². The highest BCUT2D eigenvalue weighted by Crippen LogP contribution is 2.08. The van der Waals surface area contributed by atoms with E-state index in [1.807, 2.05) is 6.92 Å². The lowest BCUT2D eigenvalue weighted by Crippen LogP contribution is -2.46. The Morgan fingerprint density at radius 1 is 0.683 bits per heavy atom. The molecule has 238 valence electrons. The zero-order chi connectivity index (χ0) is 30.7. The van der Waals surface area contributed by atoms with Crippen LogP contribution in [0, 0.1) is 0 Å². The molecule has 0 aromatic carbocycles. The van der Waals surface area contributed by atoms with E-state index in [-0.39, 0.29) is 49.1 Å². The van der Waals surface area contributed by atoms with Gasteiger partial charge in [0.2, 0.25) is 23.6 Å². The maximum absolute atomic E-state index is 12.1. The number of nitrogens with one attached hydrogen (secondary N) is 5. The standard InChI is InChI=1S/C29H56N6O6/c1-4-5-6-7-8-9-10-13-25(36)32-19-12-18-31-20-17-24(30)29(40)34-22-27(38)33-21-16-23(2)35-26(37)14-11-15-28(39)41-3/h23-24,31H,4-22,30H2,1-3H3,(H,32,36)(H,33,38)(H,34,40)(H,35,37)/t23-,24-/m0/s1. The third-order valence-corrected chi connectivity index (χ3v) is 6.57. The zero-order valence-electron chi connectivity index (χ0n) is 25.6. The Morgan fingerprint density at radius 2 is 1.34 bits per heavy atom. The van der Waals surface area contributed by atoms with Gasteiger partial charge in [-0.15, -0.1) is 0 Å². The average Bonchev–Trinajstić information content (AvgIpc) is 2.94. The first-order valence-electron chi connectivity index (χ1n) is 15.3. The van der Waals surface area contributed by atoms with Gasteiger partial charge in [0.05, 0.1) is 19.7 Å². The molecule has 0 radical (unpaired) electrons. The number of carbonyl (C=O) groups is 5. The molecule has 0 saturated carbocycles. The van der Waals surface area contributed by atoms with Gasteiger partial charge in [0.25, 0.3) is 0 Å². The molecule has 0 unspecified atom stereocenters. The highest BCUT2D eigenvalue weighted by molar-refractivity contribution is 5.87. The van der Waals surface area contributed by atoms with Crippen LogP contribution in [0.5, 0.6) is 0 Å². The van der Waals surface area contributed by atoms with Gasteiger partial charge in [0.1, 0.15) is 0 Å². The van der Waals surface area contributed by atoms with Gasteiger partial charge >= 0.3 is 5.97 Å². The summed E-state index contributed by atoms with van der Waals surface area (Å²) < 4.78 is 4.54. The Bertz CT molecular complexity index is 751. The molecule has 12 heteroatoms. The lowest BCUT2D eigenvalue weighted by molar-refractivity contribution is -0.140. The average molecular weight is 585 g/mol. The summed E-state index contributed by atoms with van der Waals surface area (Å²) in [5, 5.41) is 14.2. The quantitative estimate of drug-likeness (QED) is 0.0652. The SMILES string of the molecule is CCCCCCCCCC(=O)NCCCNCC[C@H](N)C(=O)NCC(=O)NCC[C@H](C)NC(=O)CCCC(=O)OC. The van der Waals surface area contributed by atoms with Crippen LogP contribution >= 0.6 is 0 Å². The molecule has 0 aliphatic heterocycles. The van der Waals surface area contributed by atoms with Crippen LogP contribution in [-0.2, 0) is 28.7 Å². The van der Waals surface area contributed by atoms with Crippen molar-refractivity contribution >= 4 is 29.6 Å². The normalized spacial score (nSPS) is 12.2. The predicted molar refractivity (Wildman–Crippen MR) is 160 cm³/mol. The molecule has 0 spiro atoms. The van der Waals surface area contributed by atoms with Crippen molar-refractivity contribution in [1.82, 2.24) is 26.6 Å². The minimum atomic E-state index is -0.730. The van der Waals surface area contributed by atoms with Crippen LogP contribution in [0.25, 0.3) is 0 Å². The molecule has 0 fully saturated rings. The molecule has 12 nitrogen and oxygen atoms in total. The van der Waals surface area contributed by atoms with E-state index in [0.717, 1.165) is 19.3 Å². The third kappa shape index (κ3) is 24.8. The zero-order valence-corrected chi connectivity index (χ0v) is 25.6. The number of rotatable bonds is 26. The van der Waals surface area contributed by atoms with Crippen molar-refractivity contribution in [3.8, 4) is 0 Å². The summed E-state index contributed by atoms with van der Waals surface area (Å²) in [5.74, 6) is -1.14. The number of amides is 4. The maximum Gasteiger partial charge on any atom is 0.305 e. The van der Waals surface area contributed by atoms with E-state index in [0.29, 0.717) is 51.9 Å². The van der Waals surface area contributed by atoms with Crippen LogP contribution < -0.4 is 32.3 Å². The molecule has 0 saturated heterocycles. The smallest absolute Gasteiger partial charge is 0.305 e. The van der Waals surface area contributed by atoms with Crippen LogP contribution in [0.4, 0.5) is 0 Å². The number of carbonyl (C=O) groups excluding carboxylic acids is 5. The van der Waals surface area contributed by atoms with Crippen molar-refractivity contribution in [2.45, 2.75) is 116 Å². The molecule has 7 N–H and O–H groups in total. The van der Waals surface area contributed by atoms with Gasteiger partial charge < -0.3 is 37.1 Å². The summed E-state index contributed by atoms with van der Waals surface area (Å²) in [6.07, 6.45) is 11.5. The van der Waals surface area contributed by atoms with Gasteiger partial charge in [0, 0.05) is 38.4 Å². The van der Waals surface area contributed by atoms with Crippen molar-refractivity contribution in [1.29, 1.82) is 0 Å². The molecular weight excluding hydrogens is 528 g/mol. The molecular formula is C29H56N6O6.